The zero-order valence-corrected chi connectivity index (χ0v) is 10.9. The third-order valence-electron chi connectivity index (χ3n) is 2.95. The molecule has 17 heavy (non-hydrogen) atoms. The molecular weight excluding hydrogens is 240 g/mol. The Hall–Kier alpha value is -0.980. The Bertz CT molecular complexity index is 433. The minimum absolute atomic E-state index is 0.111. The molecule has 1 aromatic heterocycles. The summed E-state index contributed by atoms with van der Waals surface area (Å²) in [5.74, 6) is 0. The Morgan fingerprint density at radius 1 is 1.41 bits per heavy atom. The van der Waals surface area contributed by atoms with Crippen molar-refractivity contribution in [3.05, 3.63) is 24.5 Å². The first-order valence-electron chi connectivity index (χ1n) is 5.54. The van der Waals surface area contributed by atoms with Crippen molar-refractivity contribution >= 4 is 10.0 Å². The Labute approximate surface area is 102 Å². The van der Waals surface area contributed by atoms with Crippen LogP contribution < -0.4 is 4.72 Å². The molecule has 0 aromatic carbocycles. The molecule has 0 spiro atoms. The van der Waals surface area contributed by atoms with Crippen LogP contribution in [0.3, 0.4) is 0 Å². The van der Waals surface area contributed by atoms with Crippen LogP contribution in [0.2, 0.25) is 0 Å². The summed E-state index contributed by atoms with van der Waals surface area (Å²) in [6.45, 7) is 3.45. The first-order chi connectivity index (χ1) is 7.99. The van der Waals surface area contributed by atoms with Crippen molar-refractivity contribution in [2.24, 2.45) is 0 Å². The van der Waals surface area contributed by atoms with Crippen molar-refractivity contribution in [2.75, 3.05) is 6.61 Å². The van der Waals surface area contributed by atoms with Crippen LogP contribution in [0.1, 0.15) is 26.7 Å². The van der Waals surface area contributed by atoms with Gasteiger partial charge in [-0.15, -0.1) is 0 Å². The van der Waals surface area contributed by atoms with Crippen LogP contribution in [0.25, 0.3) is 0 Å². The lowest BCUT2D eigenvalue weighted by molar-refractivity contribution is 0.172. The number of nitrogens with zero attached hydrogens (tertiary/aromatic N) is 1. The summed E-state index contributed by atoms with van der Waals surface area (Å²) >= 11 is 0. The molecule has 0 unspecified atom stereocenters. The van der Waals surface area contributed by atoms with Crippen molar-refractivity contribution in [3.8, 4) is 0 Å². The lowest BCUT2D eigenvalue weighted by atomic mass is 9.96. The maximum absolute atomic E-state index is 12.1. The number of hydrogen-bond donors (Lipinski definition) is 2. The largest absolute Gasteiger partial charge is 0.394 e. The van der Waals surface area contributed by atoms with Gasteiger partial charge in [-0.05, 0) is 25.0 Å². The summed E-state index contributed by atoms with van der Waals surface area (Å²) in [7, 11) is -3.63. The molecule has 0 aliphatic rings. The van der Waals surface area contributed by atoms with Gasteiger partial charge in [-0.2, -0.15) is 0 Å². The molecule has 2 N–H and O–H groups in total. The van der Waals surface area contributed by atoms with Crippen LogP contribution >= 0.6 is 0 Å². The molecule has 0 saturated heterocycles. The third kappa shape index (κ3) is 3.24. The van der Waals surface area contributed by atoms with E-state index in [-0.39, 0.29) is 11.5 Å². The fourth-order valence-electron chi connectivity index (χ4n) is 1.50. The fraction of sp³-hybridized carbons (Fsp3) is 0.545. The van der Waals surface area contributed by atoms with Crippen molar-refractivity contribution in [2.45, 2.75) is 37.1 Å². The SMILES string of the molecule is CCC(CC)(CO)NS(=O)(=O)c1cccnc1. The van der Waals surface area contributed by atoms with Crippen molar-refractivity contribution < 1.29 is 13.5 Å². The molecule has 0 aliphatic carbocycles. The van der Waals surface area contributed by atoms with E-state index in [1.165, 1.54) is 18.5 Å². The molecule has 5 nitrogen and oxygen atoms in total. The minimum Gasteiger partial charge on any atom is -0.394 e. The topological polar surface area (TPSA) is 79.3 Å². The number of aromatic nitrogens is 1. The van der Waals surface area contributed by atoms with Gasteiger partial charge in [-0.3, -0.25) is 4.98 Å². The maximum Gasteiger partial charge on any atom is 0.242 e. The van der Waals surface area contributed by atoms with Crippen LogP contribution in [0, 0.1) is 0 Å². The predicted molar refractivity (Wildman–Crippen MR) is 65.0 cm³/mol. The average Bonchev–Trinajstić information content (AvgIpc) is 2.37. The minimum atomic E-state index is -3.63. The molecule has 1 rings (SSSR count). The van der Waals surface area contributed by atoms with E-state index < -0.39 is 15.6 Å². The summed E-state index contributed by atoms with van der Waals surface area (Å²) in [6, 6.07) is 3.04. The molecule has 1 heterocycles. The van der Waals surface area contributed by atoms with Crippen LogP contribution in [0.15, 0.2) is 29.4 Å². The van der Waals surface area contributed by atoms with Gasteiger partial charge >= 0.3 is 0 Å². The summed E-state index contributed by atoms with van der Waals surface area (Å²) in [5.41, 5.74) is -0.797. The molecule has 96 valence electrons. The number of sulfonamides is 1. The summed E-state index contributed by atoms with van der Waals surface area (Å²) in [4.78, 5) is 3.89. The van der Waals surface area contributed by atoms with Gasteiger partial charge in [-0.25, -0.2) is 13.1 Å². The molecule has 0 amide bonds. The highest BCUT2D eigenvalue weighted by molar-refractivity contribution is 7.89. The highest BCUT2D eigenvalue weighted by atomic mass is 32.2. The van der Waals surface area contributed by atoms with Crippen molar-refractivity contribution in [1.82, 2.24) is 9.71 Å². The van der Waals surface area contributed by atoms with Gasteiger partial charge in [0.05, 0.1) is 12.1 Å². The number of hydrogen-bond acceptors (Lipinski definition) is 4. The van der Waals surface area contributed by atoms with Crippen LogP contribution in [-0.4, -0.2) is 30.7 Å². The van der Waals surface area contributed by atoms with Crippen LogP contribution in [-0.2, 0) is 10.0 Å². The number of rotatable bonds is 6. The van der Waals surface area contributed by atoms with Gasteiger partial charge in [0, 0.05) is 12.4 Å². The molecule has 0 aliphatic heterocycles. The van der Waals surface area contributed by atoms with Gasteiger partial charge in [0.25, 0.3) is 0 Å². The average molecular weight is 258 g/mol. The summed E-state index contributed by atoms with van der Waals surface area (Å²) in [6.07, 6.45) is 3.85. The summed E-state index contributed by atoms with van der Waals surface area (Å²) in [5, 5.41) is 9.34. The number of aliphatic hydroxyl groups excluding tert-OH is 1. The number of nitrogens with one attached hydrogen (secondary N) is 1. The maximum atomic E-state index is 12.1. The Morgan fingerprint density at radius 3 is 2.47 bits per heavy atom. The van der Waals surface area contributed by atoms with E-state index in [0.717, 1.165) is 0 Å². The predicted octanol–water partition coefficient (Wildman–Crippen LogP) is 0.911. The fourth-order valence-corrected chi connectivity index (χ4v) is 3.00. The molecule has 0 bridgehead atoms. The lowest BCUT2D eigenvalue weighted by Crippen LogP contribution is -2.50. The molecule has 0 radical (unpaired) electrons. The molecule has 0 fully saturated rings. The number of pyridine rings is 1. The Kier molecular flexibility index (Phi) is 4.62. The third-order valence-corrected chi connectivity index (χ3v) is 4.52. The first kappa shape index (κ1) is 14.1. The first-order valence-corrected chi connectivity index (χ1v) is 7.03. The van der Waals surface area contributed by atoms with E-state index >= 15 is 0 Å². The smallest absolute Gasteiger partial charge is 0.242 e. The molecule has 0 saturated carbocycles. The monoisotopic (exact) mass is 258 g/mol. The zero-order chi connectivity index (χ0) is 12.9. The second-order valence-electron chi connectivity index (χ2n) is 3.94. The molecule has 0 atom stereocenters. The summed E-state index contributed by atoms with van der Waals surface area (Å²) < 4.78 is 26.7. The van der Waals surface area contributed by atoms with E-state index in [2.05, 4.69) is 9.71 Å². The lowest BCUT2D eigenvalue weighted by Gasteiger charge is -2.30. The van der Waals surface area contributed by atoms with E-state index in [1.54, 1.807) is 6.07 Å². The van der Waals surface area contributed by atoms with Crippen molar-refractivity contribution in [1.29, 1.82) is 0 Å². The number of aliphatic hydroxyl groups is 1. The standard InChI is InChI=1S/C11H18N2O3S/c1-3-11(4-2,9-14)13-17(15,16)10-6-5-7-12-8-10/h5-8,13-14H,3-4,9H2,1-2H3. The van der Waals surface area contributed by atoms with Gasteiger partial charge < -0.3 is 5.11 Å². The zero-order valence-electron chi connectivity index (χ0n) is 10.0. The quantitative estimate of drug-likeness (QED) is 0.795. The van der Waals surface area contributed by atoms with Gasteiger partial charge in [0.1, 0.15) is 4.90 Å². The van der Waals surface area contributed by atoms with E-state index in [1.807, 2.05) is 13.8 Å². The van der Waals surface area contributed by atoms with E-state index in [9.17, 15) is 13.5 Å². The molecular formula is C11H18N2O3S. The Balaban J connectivity index is 3.01. The highest BCUT2D eigenvalue weighted by Gasteiger charge is 2.31. The Morgan fingerprint density at radius 2 is 2.06 bits per heavy atom. The highest BCUT2D eigenvalue weighted by Crippen LogP contribution is 2.18. The second kappa shape index (κ2) is 5.57. The van der Waals surface area contributed by atoms with Crippen LogP contribution in [0.5, 0.6) is 0 Å². The van der Waals surface area contributed by atoms with E-state index in [0.29, 0.717) is 12.8 Å². The van der Waals surface area contributed by atoms with Gasteiger partial charge in [-0.1, -0.05) is 13.8 Å². The van der Waals surface area contributed by atoms with Crippen LogP contribution in [0.4, 0.5) is 0 Å². The normalized spacial score (nSPS) is 12.6. The molecule has 1 aromatic rings. The van der Waals surface area contributed by atoms with E-state index in [4.69, 9.17) is 0 Å². The molecule has 6 heteroatoms. The van der Waals surface area contributed by atoms with Gasteiger partial charge in [0.2, 0.25) is 10.0 Å². The second-order valence-corrected chi connectivity index (χ2v) is 5.62. The van der Waals surface area contributed by atoms with Gasteiger partial charge in [0.15, 0.2) is 0 Å². The van der Waals surface area contributed by atoms with Crippen molar-refractivity contribution in [3.63, 3.8) is 0 Å².